The second-order valence-electron chi connectivity index (χ2n) is 4.42. The average molecular weight is 229 g/mol. The molecule has 0 saturated heterocycles. The molecule has 0 spiro atoms. The second-order valence-corrected chi connectivity index (χ2v) is 4.42. The number of hydrogen-bond acceptors (Lipinski definition) is 2. The van der Waals surface area contributed by atoms with E-state index in [0.29, 0.717) is 6.04 Å². The summed E-state index contributed by atoms with van der Waals surface area (Å²) in [6.45, 7) is 4.32. The number of aryl methyl sites for hydroxylation is 1. The molecular formula is C14H19N3. The minimum Gasteiger partial charge on any atom is -0.337 e. The molecule has 0 saturated carbocycles. The van der Waals surface area contributed by atoms with E-state index in [0.717, 1.165) is 5.82 Å². The number of nitrogens with zero attached hydrogens (tertiary/aromatic N) is 2. The lowest BCUT2D eigenvalue weighted by molar-refractivity contribution is 0.467. The van der Waals surface area contributed by atoms with Gasteiger partial charge in [0, 0.05) is 25.5 Å². The zero-order valence-corrected chi connectivity index (χ0v) is 10.6. The Hall–Kier alpha value is -1.61. The van der Waals surface area contributed by atoms with Gasteiger partial charge >= 0.3 is 0 Å². The lowest BCUT2D eigenvalue weighted by Crippen LogP contribution is -2.24. The molecule has 0 aliphatic carbocycles. The van der Waals surface area contributed by atoms with Crippen LogP contribution in [0.1, 0.15) is 37.3 Å². The van der Waals surface area contributed by atoms with E-state index < -0.39 is 0 Å². The fourth-order valence-corrected chi connectivity index (χ4v) is 2.08. The van der Waals surface area contributed by atoms with Gasteiger partial charge in [-0.15, -0.1) is 0 Å². The normalized spacial score (nSPS) is 14.5. The first-order chi connectivity index (χ1) is 8.18. The molecule has 3 nitrogen and oxygen atoms in total. The maximum Gasteiger partial charge on any atom is 0.125 e. The van der Waals surface area contributed by atoms with Crippen LogP contribution >= 0.6 is 0 Å². The summed E-state index contributed by atoms with van der Waals surface area (Å²) < 4.78 is 2.05. The van der Waals surface area contributed by atoms with E-state index in [9.17, 15) is 0 Å². The van der Waals surface area contributed by atoms with Crippen molar-refractivity contribution in [1.29, 1.82) is 0 Å². The van der Waals surface area contributed by atoms with Crippen LogP contribution in [0.5, 0.6) is 0 Å². The van der Waals surface area contributed by atoms with Gasteiger partial charge in [-0.1, -0.05) is 30.3 Å². The summed E-state index contributed by atoms with van der Waals surface area (Å²) in [6.07, 6.45) is 3.81. The van der Waals surface area contributed by atoms with Crippen LogP contribution in [-0.4, -0.2) is 9.55 Å². The quantitative estimate of drug-likeness (QED) is 0.873. The Morgan fingerprint density at radius 3 is 2.41 bits per heavy atom. The predicted molar refractivity (Wildman–Crippen MR) is 69.6 cm³/mol. The Bertz CT molecular complexity index is 461. The third-order valence-electron chi connectivity index (χ3n) is 3.05. The number of hydrogen-bond donors (Lipinski definition) is 1. The first kappa shape index (κ1) is 11.9. The fraction of sp³-hybridized carbons (Fsp3) is 0.357. The molecule has 0 radical (unpaired) electrons. The molecule has 0 bridgehead atoms. The summed E-state index contributed by atoms with van der Waals surface area (Å²) >= 11 is 0. The molecule has 1 aromatic carbocycles. The maximum absolute atomic E-state index is 4.36. The zero-order chi connectivity index (χ0) is 12.3. The highest BCUT2D eigenvalue weighted by atomic mass is 15.1. The van der Waals surface area contributed by atoms with Crippen LogP contribution in [0.4, 0.5) is 0 Å². The highest BCUT2D eigenvalue weighted by molar-refractivity contribution is 5.18. The first-order valence-corrected chi connectivity index (χ1v) is 5.96. The standard InChI is InChI=1S/C14H19N3/c1-11(13-7-5-4-6-8-13)16-12(2)14-15-9-10-17(14)3/h4-12,16H,1-3H3/t11-,12?/m1/s1. The smallest absolute Gasteiger partial charge is 0.125 e. The topological polar surface area (TPSA) is 29.9 Å². The molecule has 2 atom stereocenters. The van der Waals surface area contributed by atoms with Gasteiger partial charge in [0.2, 0.25) is 0 Å². The van der Waals surface area contributed by atoms with E-state index in [-0.39, 0.29) is 6.04 Å². The van der Waals surface area contributed by atoms with Crippen molar-refractivity contribution in [1.82, 2.24) is 14.9 Å². The van der Waals surface area contributed by atoms with E-state index in [4.69, 9.17) is 0 Å². The molecule has 0 fully saturated rings. The second kappa shape index (κ2) is 5.15. The summed E-state index contributed by atoms with van der Waals surface area (Å²) in [5, 5.41) is 3.56. The molecule has 2 aromatic rings. The minimum atomic E-state index is 0.241. The van der Waals surface area contributed by atoms with Crippen molar-refractivity contribution in [2.24, 2.45) is 7.05 Å². The van der Waals surface area contributed by atoms with Crippen molar-refractivity contribution in [3.63, 3.8) is 0 Å². The van der Waals surface area contributed by atoms with Crippen molar-refractivity contribution in [3.05, 3.63) is 54.1 Å². The Morgan fingerprint density at radius 1 is 1.12 bits per heavy atom. The number of imidazole rings is 1. The van der Waals surface area contributed by atoms with E-state index >= 15 is 0 Å². The Kier molecular flexibility index (Phi) is 3.59. The molecule has 0 amide bonds. The third kappa shape index (κ3) is 2.74. The van der Waals surface area contributed by atoms with Gasteiger partial charge in [0.15, 0.2) is 0 Å². The molecule has 0 aliphatic rings. The molecule has 1 heterocycles. The first-order valence-electron chi connectivity index (χ1n) is 5.96. The highest BCUT2D eigenvalue weighted by Gasteiger charge is 2.13. The lowest BCUT2D eigenvalue weighted by Gasteiger charge is -2.20. The molecule has 90 valence electrons. The summed E-state index contributed by atoms with van der Waals surface area (Å²) in [4.78, 5) is 4.36. The third-order valence-corrected chi connectivity index (χ3v) is 3.05. The maximum atomic E-state index is 4.36. The van der Waals surface area contributed by atoms with Crippen LogP contribution < -0.4 is 5.32 Å². The van der Waals surface area contributed by atoms with Gasteiger partial charge < -0.3 is 9.88 Å². The summed E-state index contributed by atoms with van der Waals surface area (Å²) in [7, 11) is 2.02. The Balaban J connectivity index is 2.05. The van der Waals surface area contributed by atoms with Crippen LogP contribution in [0.25, 0.3) is 0 Å². The monoisotopic (exact) mass is 229 g/mol. The predicted octanol–water partition coefficient (Wildman–Crippen LogP) is 2.83. The van der Waals surface area contributed by atoms with Crippen LogP contribution in [0.2, 0.25) is 0 Å². The van der Waals surface area contributed by atoms with Crippen LogP contribution in [-0.2, 0) is 7.05 Å². The molecule has 0 aliphatic heterocycles. The van der Waals surface area contributed by atoms with Gasteiger partial charge in [-0.3, -0.25) is 0 Å². The van der Waals surface area contributed by atoms with Gasteiger partial charge in [-0.25, -0.2) is 4.98 Å². The average Bonchev–Trinajstić information content (AvgIpc) is 2.76. The van der Waals surface area contributed by atoms with Gasteiger partial charge in [0.05, 0.1) is 6.04 Å². The van der Waals surface area contributed by atoms with E-state index in [1.54, 1.807) is 0 Å². The summed E-state index contributed by atoms with van der Waals surface area (Å²) in [5.74, 6) is 1.06. The number of rotatable bonds is 4. The van der Waals surface area contributed by atoms with Gasteiger partial charge in [-0.2, -0.15) is 0 Å². The van der Waals surface area contributed by atoms with Crippen LogP contribution in [0.15, 0.2) is 42.7 Å². The van der Waals surface area contributed by atoms with Crippen molar-refractivity contribution in [2.75, 3.05) is 0 Å². The van der Waals surface area contributed by atoms with Gasteiger partial charge in [-0.05, 0) is 19.4 Å². The van der Waals surface area contributed by atoms with E-state index in [1.807, 2.05) is 25.5 Å². The SMILES string of the molecule is CC(N[C@H](C)c1ccccc1)c1nccn1C. The molecular weight excluding hydrogens is 210 g/mol. The van der Waals surface area contributed by atoms with Crippen LogP contribution in [0.3, 0.4) is 0 Å². The van der Waals surface area contributed by atoms with E-state index in [2.05, 4.69) is 53.0 Å². The van der Waals surface area contributed by atoms with Gasteiger partial charge in [0.1, 0.15) is 5.82 Å². The molecule has 1 N–H and O–H groups in total. The van der Waals surface area contributed by atoms with Crippen molar-refractivity contribution >= 4 is 0 Å². The molecule has 1 unspecified atom stereocenters. The fourth-order valence-electron chi connectivity index (χ4n) is 2.08. The molecule has 2 rings (SSSR count). The van der Waals surface area contributed by atoms with Crippen LogP contribution in [0, 0.1) is 0 Å². The number of nitrogens with one attached hydrogen (secondary N) is 1. The van der Waals surface area contributed by atoms with Crippen molar-refractivity contribution in [3.8, 4) is 0 Å². The Labute approximate surface area is 103 Å². The molecule has 17 heavy (non-hydrogen) atoms. The molecule has 1 aromatic heterocycles. The van der Waals surface area contributed by atoms with Gasteiger partial charge in [0.25, 0.3) is 0 Å². The molecule has 3 heteroatoms. The Morgan fingerprint density at radius 2 is 1.82 bits per heavy atom. The highest BCUT2D eigenvalue weighted by Crippen LogP contribution is 2.17. The number of benzene rings is 1. The number of aromatic nitrogens is 2. The minimum absolute atomic E-state index is 0.241. The lowest BCUT2D eigenvalue weighted by atomic mass is 10.1. The summed E-state index contributed by atoms with van der Waals surface area (Å²) in [6, 6.07) is 11.0. The van der Waals surface area contributed by atoms with E-state index in [1.165, 1.54) is 5.56 Å². The largest absolute Gasteiger partial charge is 0.337 e. The summed E-state index contributed by atoms with van der Waals surface area (Å²) in [5.41, 5.74) is 1.30. The van der Waals surface area contributed by atoms with Crippen molar-refractivity contribution < 1.29 is 0 Å². The van der Waals surface area contributed by atoms with Crippen molar-refractivity contribution in [2.45, 2.75) is 25.9 Å². The zero-order valence-electron chi connectivity index (χ0n) is 10.6.